The van der Waals surface area contributed by atoms with E-state index >= 15 is 0 Å². The second-order valence-electron chi connectivity index (χ2n) is 6.35. The Bertz CT molecular complexity index is 1070. The van der Waals surface area contributed by atoms with Crippen LogP contribution >= 0.6 is 11.6 Å². The van der Waals surface area contributed by atoms with Crippen molar-refractivity contribution >= 4 is 29.4 Å². The number of amides is 1. The maximum absolute atomic E-state index is 12.0. The van der Waals surface area contributed by atoms with Crippen LogP contribution in [0, 0.1) is 11.3 Å². The lowest BCUT2D eigenvalue weighted by Gasteiger charge is -2.02. The van der Waals surface area contributed by atoms with Gasteiger partial charge in [0.2, 0.25) is 5.91 Å². The number of benzene rings is 2. The topological polar surface area (TPSA) is 96.7 Å². The van der Waals surface area contributed by atoms with E-state index < -0.39 is 0 Å². The lowest BCUT2D eigenvalue weighted by Crippen LogP contribution is -2.22. The largest absolute Gasteiger partial charge is 0.382 e. The summed E-state index contributed by atoms with van der Waals surface area (Å²) in [5, 5.41) is 17.4. The van der Waals surface area contributed by atoms with Gasteiger partial charge in [-0.3, -0.25) is 4.79 Å². The van der Waals surface area contributed by atoms with Crippen LogP contribution < -0.4 is 11.1 Å². The van der Waals surface area contributed by atoms with Crippen LogP contribution in [-0.2, 0) is 11.2 Å². The average Bonchev–Trinajstić information content (AvgIpc) is 3.05. The van der Waals surface area contributed by atoms with Crippen LogP contribution in [0.3, 0.4) is 0 Å². The molecule has 0 aliphatic heterocycles. The highest BCUT2D eigenvalue weighted by Crippen LogP contribution is 2.21. The third-order valence-corrected chi connectivity index (χ3v) is 4.51. The Labute approximate surface area is 174 Å². The molecule has 1 heterocycles. The molecule has 0 saturated carbocycles. The molecule has 29 heavy (non-hydrogen) atoms. The van der Waals surface area contributed by atoms with E-state index in [0.717, 1.165) is 11.3 Å². The molecule has 6 nitrogen and oxygen atoms in total. The maximum Gasteiger partial charge on any atom is 0.243 e. The number of anilines is 1. The molecule has 0 aliphatic rings. The van der Waals surface area contributed by atoms with E-state index in [-0.39, 0.29) is 5.91 Å². The first-order valence-electron chi connectivity index (χ1n) is 9.13. The number of nitrogens with one attached hydrogen (secondary N) is 1. The molecule has 0 saturated heterocycles. The van der Waals surface area contributed by atoms with Crippen molar-refractivity contribution in [1.82, 2.24) is 15.1 Å². The number of carbonyl (C=O) groups excluding carboxylic acids is 1. The van der Waals surface area contributed by atoms with E-state index in [2.05, 4.69) is 16.5 Å². The first-order valence-corrected chi connectivity index (χ1v) is 9.50. The van der Waals surface area contributed by atoms with Crippen molar-refractivity contribution in [2.75, 3.05) is 12.3 Å². The quantitative estimate of drug-likeness (QED) is 0.462. The van der Waals surface area contributed by atoms with Gasteiger partial charge in [-0.05, 0) is 48.7 Å². The van der Waals surface area contributed by atoms with Crippen molar-refractivity contribution in [3.8, 4) is 11.8 Å². The van der Waals surface area contributed by atoms with Crippen molar-refractivity contribution in [1.29, 1.82) is 5.26 Å². The van der Waals surface area contributed by atoms with Crippen LogP contribution in [0.5, 0.6) is 0 Å². The second-order valence-corrected chi connectivity index (χ2v) is 6.79. The van der Waals surface area contributed by atoms with Gasteiger partial charge < -0.3 is 11.1 Å². The number of para-hydroxylation sites is 1. The Morgan fingerprint density at radius 1 is 1.24 bits per heavy atom. The smallest absolute Gasteiger partial charge is 0.243 e. The molecule has 0 unspecified atom stereocenters. The minimum atomic E-state index is -0.195. The number of halogens is 1. The van der Waals surface area contributed by atoms with Gasteiger partial charge in [0, 0.05) is 17.6 Å². The summed E-state index contributed by atoms with van der Waals surface area (Å²) in [6.45, 7) is 0.460. The van der Waals surface area contributed by atoms with Gasteiger partial charge >= 0.3 is 0 Å². The number of nitrogens with zero attached hydrogens (tertiary/aromatic N) is 3. The van der Waals surface area contributed by atoms with Crippen molar-refractivity contribution < 1.29 is 4.79 Å². The van der Waals surface area contributed by atoms with E-state index in [9.17, 15) is 10.1 Å². The summed E-state index contributed by atoms with van der Waals surface area (Å²) in [7, 11) is 0. The SMILES string of the molecule is N#Cc1c(CCCNC(=O)C=Cc2cccc(Cl)c2)nn(-c2ccccc2)c1N. The van der Waals surface area contributed by atoms with Gasteiger partial charge in [-0.25, -0.2) is 4.68 Å². The van der Waals surface area contributed by atoms with Crippen LogP contribution in [0.15, 0.2) is 60.7 Å². The van der Waals surface area contributed by atoms with Crippen LogP contribution in [0.1, 0.15) is 23.2 Å². The van der Waals surface area contributed by atoms with Crippen LogP contribution in [0.4, 0.5) is 5.82 Å². The monoisotopic (exact) mass is 405 g/mol. The normalized spacial score (nSPS) is 10.8. The predicted octanol–water partition coefficient (Wildman–Crippen LogP) is 3.74. The number of nitrogens with two attached hydrogens (primary N) is 1. The summed E-state index contributed by atoms with van der Waals surface area (Å²) in [4.78, 5) is 12.0. The number of aromatic nitrogens is 2. The van der Waals surface area contributed by atoms with Gasteiger partial charge in [-0.1, -0.05) is 41.9 Å². The first kappa shape index (κ1) is 20.2. The molecule has 0 radical (unpaired) electrons. The van der Waals surface area contributed by atoms with Gasteiger partial charge in [0.1, 0.15) is 17.5 Å². The summed E-state index contributed by atoms with van der Waals surface area (Å²) >= 11 is 5.92. The summed E-state index contributed by atoms with van der Waals surface area (Å²) in [5.41, 5.74) is 8.75. The Balaban J connectivity index is 1.55. The maximum atomic E-state index is 12.0. The van der Waals surface area contributed by atoms with Crippen LogP contribution in [0.25, 0.3) is 11.8 Å². The van der Waals surface area contributed by atoms with Crippen molar-refractivity contribution in [3.63, 3.8) is 0 Å². The zero-order valence-electron chi connectivity index (χ0n) is 15.7. The Morgan fingerprint density at radius 3 is 2.76 bits per heavy atom. The molecule has 0 bridgehead atoms. The molecule has 1 aromatic heterocycles. The fourth-order valence-electron chi connectivity index (χ4n) is 2.85. The number of hydrogen-bond acceptors (Lipinski definition) is 4. The van der Waals surface area contributed by atoms with Crippen LogP contribution in [-0.4, -0.2) is 22.2 Å². The molecule has 146 valence electrons. The fraction of sp³-hybridized carbons (Fsp3) is 0.136. The number of aryl methyl sites for hydroxylation is 1. The highest BCUT2D eigenvalue weighted by Gasteiger charge is 2.16. The number of rotatable bonds is 7. The van der Waals surface area contributed by atoms with Gasteiger partial charge in [0.15, 0.2) is 0 Å². The van der Waals surface area contributed by atoms with E-state index in [1.807, 2.05) is 42.5 Å². The molecule has 0 aliphatic carbocycles. The zero-order valence-corrected chi connectivity index (χ0v) is 16.4. The molecule has 0 fully saturated rings. The molecule has 2 aromatic carbocycles. The lowest BCUT2D eigenvalue weighted by molar-refractivity contribution is -0.116. The summed E-state index contributed by atoms with van der Waals surface area (Å²) < 4.78 is 1.57. The molecule has 0 atom stereocenters. The Kier molecular flexibility index (Phi) is 6.67. The first-order chi connectivity index (χ1) is 14.1. The summed E-state index contributed by atoms with van der Waals surface area (Å²) in [6.07, 6.45) is 4.34. The van der Waals surface area contributed by atoms with Crippen molar-refractivity contribution in [3.05, 3.63) is 82.5 Å². The zero-order chi connectivity index (χ0) is 20.6. The number of hydrogen-bond donors (Lipinski definition) is 2. The average molecular weight is 406 g/mol. The molecule has 3 rings (SSSR count). The van der Waals surface area contributed by atoms with Gasteiger partial charge in [-0.2, -0.15) is 10.4 Å². The molecule has 3 N–H and O–H groups in total. The summed E-state index contributed by atoms with van der Waals surface area (Å²) in [6, 6.07) is 18.8. The highest BCUT2D eigenvalue weighted by molar-refractivity contribution is 6.30. The molecule has 3 aromatic rings. The van der Waals surface area contributed by atoms with E-state index in [4.69, 9.17) is 17.3 Å². The Morgan fingerprint density at radius 2 is 2.03 bits per heavy atom. The Hall–Kier alpha value is -3.56. The standard InChI is InChI=1S/C22H20ClN5O/c23-17-7-4-6-16(14-17)11-12-21(29)26-13-5-10-20-19(15-24)22(25)28(27-20)18-8-2-1-3-9-18/h1-4,6-9,11-12,14H,5,10,13,25H2,(H,26,29). The van der Waals surface area contributed by atoms with E-state index in [1.54, 1.807) is 22.9 Å². The van der Waals surface area contributed by atoms with Gasteiger partial charge in [-0.15, -0.1) is 0 Å². The number of carbonyl (C=O) groups is 1. The van der Waals surface area contributed by atoms with E-state index in [1.165, 1.54) is 6.08 Å². The third kappa shape index (κ3) is 5.24. The predicted molar refractivity (Wildman–Crippen MR) is 115 cm³/mol. The lowest BCUT2D eigenvalue weighted by atomic mass is 10.1. The third-order valence-electron chi connectivity index (χ3n) is 4.27. The molecule has 7 heteroatoms. The van der Waals surface area contributed by atoms with E-state index in [0.29, 0.717) is 41.5 Å². The van der Waals surface area contributed by atoms with Crippen LogP contribution in [0.2, 0.25) is 5.02 Å². The molecule has 0 spiro atoms. The minimum Gasteiger partial charge on any atom is -0.382 e. The van der Waals surface area contributed by atoms with Crippen molar-refractivity contribution in [2.24, 2.45) is 0 Å². The molecular weight excluding hydrogens is 386 g/mol. The molecule has 1 amide bonds. The minimum absolute atomic E-state index is 0.195. The van der Waals surface area contributed by atoms with Gasteiger partial charge in [0.25, 0.3) is 0 Å². The van der Waals surface area contributed by atoms with Gasteiger partial charge in [0.05, 0.1) is 11.4 Å². The summed E-state index contributed by atoms with van der Waals surface area (Å²) in [5.74, 6) is 0.127. The fourth-order valence-corrected chi connectivity index (χ4v) is 3.05. The van der Waals surface area contributed by atoms with Crippen molar-refractivity contribution in [2.45, 2.75) is 12.8 Å². The second kappa shape index (κ2) is 9.58. The number of nitrogen functional groups attached to an aromatic ring is 1. The molecular formula is C22H20ClN5O. The highest BCUT2D eigenvalue weighted by atomic mass is 35.5. The number of nitriles is 1.